The molecular formula is C8H11NO3. The first-order valence-electron chi connectivity index (χ1n) is 3.66. The second-order valence-electron chi connectivity index (χ2n) is 3.64. The molecule has 0 saturated carbocycles. The summed E-state index contributed by atoms with van der Waals surface area (Å²) in [5, 5.41) is 10.3. The zero-order valence-corrected chi connectivity index (χ0v) is 7.33. The largest absolute Gasteiger partial charge is 0.433 e. The molecule has 0 fully saturated rings. The van der Waals surface area contributed by atoms with Gasteiger partial charge in [0.2, 0.25) is 0 Å². The predicted octanol–water partition coefficient (Wildman–Crippen LogP) is 2.49. The molecule has 12 heavy (non-hydrogen) atoms. The summed E-state index contributed by atoms with van der Waals surface area (Å²) in [6.07, 6.45) is 0. The molecule has 0 saturated heterocycles. The molecule has 1 aromatic rings. The molecular weight excluding hydrogens is 158 g/mol. The molecule has 1 heterocycles. The van der Waals surface area contributed by atoms with Crippen molar-refractivity contribution < 1.29 is 9.34 Å². The van der Waals surface area contributed by atoms with Crippen LogP contribution in [0.25, 0.3) is 0 Å². The highest BCUT2D eigenvalue weighted by Crippen LogP contribution is 2.27. The van der Waals surface area contributed by atoms with Gasteiger partial charge in [-0.05, 0) is 6.07 Å². The van der Waals surface area contributed by atoms with Crippen LogP contribution >= 0.6 is 0 Å². The van der Waals surface area contributed by atoms with Crippen LogP contribution in [0.15, 0.2) is 16.5 Å². The van der Waals surface area contributed by atoms with Gasteiger partial charge in [-0.15, -0.1) is 0 Å². The maximum Gasteiger partial charge on any atom is 0.433 e. The summed E-state index contributed by atoms with van der Waals surface area (Å²) in [4.78, 5) is 9.72. The third-order valence-electron chi connectivity index (χ3n) is 1.51. The van der Waals surface area contributed by atoms with E-state index in [0.717, 1.165) is 0 Å². The fourth-order valence-corrected chi connectivity index (χ4v) is 0.829. The molecule has 0 aliphatic rings. The van der Waals surface area contributed by atoms with E-state index < -0.39 is 4.92 Å². The van der Waals surface area contributed by atoms with Crippen LogP contribution in [0, 0.1) is 10.1 Å². The first-order valence-corrected chi connectivity index (χ1v) is 3.66. The summed E-state index contributed by atoms with van der Waals surface area (Å²) >= 11 is 0. The first kappa shape index (κ1) is 8.77. The number of rotatable bonds is 1. The van der Waals surface area contributed by atoms with E-state index in [2.05, 4.69) is 0 Å². The molecule has 4 heteroatoms. The summed E-state index contributed by atoms with van der Waals surface area (Å²) in [5.41, 5.74) is -0.172. The van der Waals surface area contributed by atoms with Crippen LogP contribution < -0.4 is 0 Å². The van der Waals surface area contributed by atoms with Gasteiger partial charge in [-0.1, -0.05) is 20.8 Å². The van der Waals surface area contributed by atoms with Crippen molar-refractivity contribution in [1.29, 1.82) is 0 Å². The molecule has 0 aromatic carbocycles. The standard InChI is InChI=1S/C8H11NO3/c1-8(2,3)6-4-5-7(12-6)9(10)11/h4-5H,1-3H3. The van der Waals surface area contributed by atoms with E-state index in [1.807, 2.05) is 20.8 Å². The van der Waals surface area contributed by atoms with E-state index in [9.17, 15) is 10.1 Å². The number of hydrogen-bond donors (Lipinski definition) is 0. The van der Waals surface area contributed by atoms with Crippen molar-refractivity contribution in [1.82, 2.24) is 0 Å². The molecule has 0 aliphatic carbocycles. The zero-order valence-electron chi connectivity index (χ0n) is 7.33. The molecule has 0 unspecified atom stereocenters. The van der Waals surface area contributed by atoms with E-state index in [4.69, 9.17) is 4.42 Å². The Morgan fingerprint density at radius 3 is 2.25 bits per heavy atom. The monoisotopic (exact) mass is 169 g/mol. The maximum absolute atomic E-state index is 10.3. The second-order valence-corrected chi connectivity index (χ2v) is 3.64. The van der Waals surface area contributed by atoms with Gasteiger partial charge in [0.1, 0.15) is 10.7 Å². The highest BCUT2D eigenvalue weighted by atomic mass is 16.6. The third kappa shape index (κ3) is 1.64. The molecule has 1 rings (SSSR count). The van der Waals surface area contributed by atoms with Crippen molar-refractivity contribution in [3.05, 3.63) is 28.0 Å². The van der Waals surface area contributed by atoms with Crippen molar-refractivity contribution in [2.45, 2.75) is 26.2 Å². The van der Waals surface area contributed by atoms with E-state index in [1.54, 1.807) is 6.07 Å². The lowest BCUT2D eigenvalue weighted by atomic mass is 9.94. The molecule has 0 radical (unpaired) electrons. The quantitative estimate of drug-likeness (QED) is 0.479. The van der Waals surface area contributed by atoms with Gasteiger partial charge in [0.15, 0.2) is 0 Å². The van der Waals surface area contributed by atoms with E-state index in [1.165, 1.54) is 6.07 Å². The molecule has 1 aromatic heterocycles. The van der Waals surface area contributed by atoms with E-state index >= 15 is 0 Å². The average Bonchev–Trinajstić information content (AvgIpc) is 2.30. The Balaban J connectivity index is 3.00. The predicted molar refractivity (Wildman–Crippen MR) is 44.1 cm³/mol. The number of nitrogens with zero attached hydrogens (tertiary/aromatic N) is 1. The lowest BCUT2D eigenvalue weighted by molar-refractivity contribution is -0.402. The lowest BCUT2D eigenvalue weighted by Crippen LogP contribution is -2.09. The Morgan fingerprint density at radius 1 is 1.42 bits per heavy atom. The van der Waals surface area contributed by atoms with Crippen molar-refractivity contribution in [3.8, 4) is 0 Å². The Kier molecular flexibility index (Phi) is 1.92. The van der Waals surface area contributed by atoms with Gasteiger partial charge in [-0.2, -0.15) is 0 Å². The third-order valence-corrected chi connectivity index (χ3v) is 1.51. The van der Waals surface area contributed by atoms with Gasteiger partial charge >= 0.3 is 5.88 Å². The van der Waals surface area contributed by atoms with Crippen molar-refractivity contribution in [3.63, 3.8) is 0 Å². The minimum Gasteiger partial charge on any atom is -0.405 e. The molecule has 0 aliphatic heterocycles. The van der Waals surface area contributed by atoms with Gasteiger partial charge in [0.05, 0.1) is 6.07 Å². The molecule has 0 spiro atoms. The Bertz CT molecular complexity index is 295. The fraction of sp³-hybridized carbons (Fsp3) is 0.500. The van der Waals surface area contributed by atoms with E-state index in [-0.39, 0.29) is 11.3 Å². The molecule has 66 valence electrons. The van der Waals surface area contributed by atoms with Crippen LogP contribution in [0.2, 0.25) is 0 Å². The smallest absolute Gasteiger partial charge is 0.405 e. The number of hydrogen-bond acceptors (Lipinski definition) is 3. The van der Waals surface area contributed by atoms with Crippen LogP contribution in [0.1, 0.15) is 26.5 Å². The fourth-order valence-electron chi connectivity index (χ4n) is 0.829. The van der Waals surface area contributed by atoms with Gasteiger partial charge in [-0.3, -0.25) is 10.1 Å². The SMILES string of the molecule is CC(C)(C)c1ccc([N+](=O)[O-])o1. The minimum absolute atomic E-state index is 0.172. The molecule has 0 atom stereocenters. The summed E-state index contributed by atoms with van der Waals surface area (Å²) < 4.78 is 5.01. The van der Waals surface area contributed by atoms with Crippen molar-refractivity contribution in [2.24, 2.45) is 0 Å². The van der Waals surface area contributed by atoms with Crippen LogP contribution in [0.3, 0.4) is 0 Å². The molecule has 0 amide bonds. The van der Waals surface area contributed by atoms with Crippen molar-refractivity contribution in [2.75, 3.05) is 0 Å². The van der Waals surface area contributed by atoms with Crippen molar-refractivity contribution >= 4 is 5.88 Å². The van der Waals surface area contributed by atoms with Gasteiger partial charge in [0.25, 0.3) is 0 Å². The number of furan rings is 1. The summed E-state index contributed by atoms with van der Waals surface area (Å²) in [6.45, 7) is 5.82. The van der Waals surface area contributed by atoms with Crippen LogP contribution in [0.4, 0.5) is 5.88 Å². The number of nitro groups is 1. The Morgan fingerprint density at radius 2 is 2.00 bits per heavy atom. The van der Waals surface area contributed by atoms with Gasteiger partial charge < -0.3 is 4.42 Å². The average molecular weight is 169 g/mol. The van der Waals surface area contributed by atoms with E-state index in [0.29, 0.717) is 5.76 Å². The maximum atomic E-state index is 10.3. The summed E-state index contributed by atoms with van der Waals surface area (Å²) in [5.74, 6) is 0.439. The summed E-state index contributed by atoms with van der Waals surface area (Å²) in [6, 6.07) is 3.01. The lowest BCUT2D eigenvalue weighted by Gasteiger charge is -2.12. The highest BCUT2D eigenvalue weighted by Gasteiger charge is 2.21. The molecule has 4 nitrogen and oxygen atoms in total. The summed E-state index contributed by atoms with van der Waals surface area (Å²) in [7, 11) is 0. The topological polar surface area (TPSA) is 56.3 Å². The normalized spacial score (nSPS) is 11.6. The highest BCUT2D eigenvalue weighted by molar-refractivity contribution is 5.21. The first-order chi connectivity index (χ1) is 5.41. The zero-order chi connectivity index (χ0) is 9.35. The van der Waals surface area contributed by atoms with Crippen LogP contribution in [-0.4, -0.2) is 4.92 Å². The second kappa shape index (κ2) is 2.62. The Hall–Kier alpha value is -1.32. The minimum atomic E-state index is -0.532. The van der Waals surface area contributed by atoms with Crippen LogP contribution in [-0.2, 0) is 5.41 Å². The molecule has 0 N–H and O–H groups in total. The molecule has 0 bridgehead atoms. The van der Waals surface area contributed by atoms with Crippen LogP contribution in [0.5, 0.6) is 0 Å². The Labute approximate surface area is 70.3 Å². The van der Waals surface area contributed by atoms with Gasteiger partial charge in [-0.25, -0.2) is 0 Å². The van der Waals surface area contributed by atoms with Gasteiger partial charge in [0, 0.05) is 5.41 Å².